The number of anilines is 1. The van der Waals surface area contributed by atoms with Crippen LogP contribution in [0, 0.1) is 6.92 Å². The summed E-state index contributed by atoms with van der Waals surface area (Å²) in [5.74, 6) is -0.243. The van der Waals surface area contributed by atoms with E-state index in [1.54, 1.807) is 6.92 Å². The Kier molecular flexibility index (Phi) is 6.12. The lowest BCUT2D eigenvalue weighted by Gasteiger charge is -2.25. The van der Waals surface area contributed by atoms with Gasteiger partial charge in [0.25, 0.3) is 0 Å². The van der Waals surface area contributed by atoms with Gasteiger partial charge in [0.2, 0.25) is 0 Å². The third-order valence-electron chi connectivity index (χ3n) is 4.83. The van der Waals surface area contributed by atoms with Crippen LogP contribution in [0.1, 0.15) is 42.5 Å². The Balaban J connectivity index is 1.62. The van der Waals surface area contributed by atoms with Crippen LogP contribution in [0.3, 0.4) is 0 Å². The standard InChI is InChI=1S/C22H26N2O3/c1-3-27-21(25)15-17-8-12-19(13-9-17)23-22(26)24-14-4-5-20(24)18-10-6-16(2)7-11-18/h6-13,20H,3-5,14-15H2,1-2H3,(H,23,26)/t20-/m1/s1. The van der Waals surface area contributed by atoms with Crippen molar-refractivity contribution in [3.05, 3.63) is 65.2 Å². The molecule has 0 radical (unpaired) electrons. The highest BCUT2D eigenvalue weighted by Gasteiger charge is 2.29. The number of esters is 1. The second-order valence-electron chi connectivity index (χ2n) is 6.87. The molecule has 2 amide bonds. The minimum Gasteiger partial charge on any atom is -0.466 e. The molecule has 0 bridgehead atoms. The van der Waals surface area contributed by atoms with Crippen molar-refractivity contribution in [1.29, 1.82) is 0 Å². The summed E-state index contributed by atoms with van der Waals surface area (Å²) in [5, 5.41) is 2.97. The lowest BCUT2D eigenvalue weighted by atomic mass is 10.0. The zero-order valence-corrected chi connectivity index (χ0v) is 15.9. The van der Waals surface area contributed by atoms with Gasteiger partial charge in [-0.2, -0.15) is 0 Å². The molecule has 1 heterocycles. The molecule has 0 aromatic heterocycles. The van der Waals surface area contributed by atoms with Gasteiger partial charge in [0.1, 0.15) is 0 Å². The Hall–Kier alpha value is -2.82. The van der Waals surface area contributed by atoms with E-state index in [-0.39, 0.29) is 24.5 Å². The number of hydrogen-bond acceptors (Lipinski definition) is 3. The van der Waals surface area contributed by atoms with E-state index >= 15 is 0 Å². The monoisotopic (exact) mass is 366 g/mol. The zero-order chi connectivity index (χ0) is 19.2. The molecule has 1 aliphatic rings. The van der Waals surface area contributed by atoms with Crippen LogP contribution in [0.25, 0.3) is 0 Å². The number of aryl methyl sites for hydroxylation is 1. The minimum absolute atomic E-state index is 0.0868. The molecule has 1 saturated heterocycles. The fourth-order valence-electron chi connectivity index (χ4n) is 3.42. The molecule has 0 saturated carbocycles. The number of rotatable bonds is 5. The smallest absolute Gasteiger partial charge is 0.322 e. The molecule has 0 spiro atoms. The molecular formula is C22H26N2O3. The summed E-state index contributed by atoms with van der Waals surface area (Å²) in [7, 11) is 0. The number of ether oxygens (including phenoxy) is 1. The number of carbonyl (C=O) groups is 2. The lowest BCUT2D eigenvalue weighted by Crippen LogP contribution is -2.34. The van der Waals surface area contributed by atoms with Crippen molar-refractivity contribution in [2.45, 2.75) is 39.2 Å². The average molecular weight is 366 g/mol. The molecule has 3 rings (SSSR count). The van der Waals surface area contributed by atoms with Crippen molar-refractivity contribution in [2.75, 3.05) is 18.5 Å². The zero-order valence-electron chi connectivity index (χ0n) is 15.9. The van der Waals surface area contributed by atoms with Crippen molar-refractivity contribution >= 4 is 17.7 Å². The normalized spacial score (nSPS) is 16.2. The number of amides is 2. The maximum atomic E-state index is 12.8. The molecule has 1 atom stereocenters. The number of urea groups is 1. The molecule has 0 aliphatic carbocycles. The van der Waals surface area contributed by atoms with Gasteiger partial charge >= 0.3 is 12.0 Å². The van der Waals surface area contributed by atoms with E-state index in [2.05, 4.69) is 36.5 Å². The Morgan fingerprint density at radius 2 is 1.81 bits per heavy atom. The summed E-state index contributed by atoms with van der Waals surface area (Å²) in [5.41, 5.74) is 3.99. The molecule has 2 aromatic rings. The number of benzene rings is 2. The first-order valence-electron chi connectivity index (χ1n) is 9.45. The number of nitrogens with one attached hydrogen (secondary N) is 1. The summed E-state index contributed by atoms with van der Waals surface area (Å²) in [4.78, 5) is 26.2. The third kappa shape index (κ3) is 4.88. The fourth-order valence-corrected chi connectivity index (χ4v) is 3.42. The summed E-state index contributed by atoms with van der Waals surface area (Å²) >= 11 is 0. The van der Waals surface area contributed by atoms with Crippen LogP contribution in [0.5, 0.6) is 0 Å². The topological polar surface area (TPSA) is 58.6 Å². The van der Waals surface area contributed by atoms with Crippen molar-refractivity contribution in [3.63, 3.8) is 0 Å². The summed E-state index contributed by atoms with van der Waals surface area (Å²) < 4.78 is 4.95. The van der Waals surface area contributed by atoms with Gasteiger partial charge in [0.05, 0.1) is 19.1 Å². The van der Waals surface area contributed by atoms with Gasteiger partial charge < -0.3 is 15.0 Å². The van der Waals surface area contributed by atoms with Crippen molar-refractivity contribution in [3.8, 4) is 0 Å². The van der Waals surface area contributed by atoms with E-state index < -0.39 is 0 Å². The summed E-state index contributed by atoms with van der Waals surface area (Å²) in [6, 6.07) is 15.8. The van der Waals surface area contributed by atoms with Gasteiger partial charge in [0.15, 0.2) is 0 Å². The number of carbonyl (C=O) groups excluding carboxylic acids is 2. The Bertz CT molecular complexity index is 784. The SMILES string of the molecule is CCOC(=O)Cc1ccc(NC(=O)N2CCC[C@@H]2c2ccc(C)cc2)cc1. The average Bonchev–Trinajstić information content (AvgIpc) is 3.14. The van der Waals surface area contributed by atoms with Gasteiger partial charge in [-0.3, -0.25) is 4.79 Å². The highest BCUT2D eigenvalue weighted by molar-refractivity contribution is 5.90. The van der Waals surface area contributed by atoms with Crippen LogP contribution in [-0.2, 0) is 16.0 Å². The van der Waals surface area contributed by atoms with Gasteiger partial charge in [-0.25, -0.2) is 4.79 Å². The Labute approximate surface area is 160 Å². The summed E-state index contributed by atoms with van der Waals surface area (Å²) in [6.07, 6.45) is 2.23. The number of nitrogens with zero attached hydrogens (tertiary/aromatic N) is 1. The van der Waals surface area contributed by atoms with E-state index in [1.807, 2.05) is 29.2 Å². The molecule has 1 fully saturated rings. The van der Waals surface area contributed by atoms with Crippen LogP contribution in [-0.4, -0.2) is 30.1 Å². The molecule has 1 N–H and O–H groups in total. The molecule has 27 heavy (non-hydrogen) atoms. The van der Waals surface area contributed by atoms with E-state index in [0.29, 0.717) is 6.61 Å². The third-order valence-corrected chi connectivity index (χ3v) is 4.83. The highest BCUT2D eigenvalue weighted by atomic mass is 16.5. The maximum absolute atomic E-state index is 12.8. The van der Waals surface area contributed by atoms with Crippen LogP contribution in [0.4, 0.5) is 10.5 Å². The predicted molar refractivity (Wildman–Crippen MR) is 106 cm³/mol. The van der Waals surface area contributed by atoms with Crippen LogP contribution in [0.15, 0.2) is 48.5 Å². The van der Waals surface area contributed by atoms with Crippen LogP contribution in [0.2, 0.25) is 0 Å². The van der Waals surface area contributed by atoms with Crippen molar-refractivity contribution < 1.29 is 14.3 Å². The quantitative estimate of drug-likeness (QED) is 0.794. The first-order valence-corrected chi connectivity index (χ1v) is 9.45. The van der Waals surface area contributed by atoms with E-state index in [9.17, 15) is 9.59 Å². The molecule has 1 aliphatic heterocycles. The summed E-state index contributed by atoms with van der Waals surface area (Å²) in [6.45, 7) is 4.99. The Morgan fingerprint density at radius 1 is 1.11 bits per heavy atom. The molecule has 5 heteroatoms. The first-order chi connectivity index (χ1) is 13.1. The van der Waals surface area contributed by atoms with Crippen LogP contribution >= 0.6 is 0 Å². The molecule has 142 valence electrons. The molecule has 0 unspecified atom stereocenters. The van der Waals surface area contributed by atoms with Gasteiger partial charge in [-0.1, -0.05) is 42.0 Å². The Morgan fingerprint density at radius 3 is 2.48 bits per heavy atom. The van der Waals surface area contributed by atoms with E-state index in [1.165, 1.54) is 11.1 Å². The minimum atomic E-state index is -0.243. The molecular weight excluding hydrogens is 340 g/mol. The fraction of sp³-hybridized carbons (Fsp3) is 0.364. The largest absolute Gasteiger partial charge is 0.466 e. The number of likely N-dealkylation sites (tertiary alicyclic amines) is 1. The van der Waals surface area contributed by atoms with Crippen molar-refractivity contribution in [2.24, 2.45) is 0 Å². The van der Waals surface area contributed by atoms with Gasteiger partial charge in [0, 0.05) is 12.2 Å². The lowest BCUT2D eigenvalue weighted by molar-refractivity contribution is -0.142. The molecule has 5 nitrogen and oxygen atoms in total. The predicted octanol–water partition coefficient (Wildman–Crippen LogP) is 4.47. The molecule has 2 aromatic carbocycles. The number of hydrogen-bond donors (Lipinski definition) is 1. The van der Waals surface area contributed by atoms with Crippen LogP contribution < -0.4 is 5.32 Å². The maximum Gasteiger partial charge on any atom is 0.322 e. The highest BCUT2D eigenvalue weighted by Crippen LogP contribution is 2.32. The van der Waals surface area contributed by atoms with Crippen molar-refractivity contribution in [1.82, 2.24) is 4.90 Å². The second-order valence-corrected chi connectivity index (χ2v) is 6.87. The van der Waals surface area contributed by atoms with Gasteiger partial charge in [-0.15, -0.1) is 0 Å². The first kappa shape index (κ1) is 19.0. The second kappa shape index (κ2) is 8.71. The van der Waals surface area contributed by atoms with Gasteiger partial charge in [-0.05, 0) is 49.9 Å². The van der Waals surface area contributed by atoms with E-state index in [0.717, 1.165) is 30.6 Å². The van der Waals surface area contributed by atoms with E-state index in [4.69, 9.17) is 4.74 Å².